The van der Waals surface area contributed by atoms with Crippen LogP contribution in [0.15, 0.2) is 42.5 Å². The van der Waals surface area contributed by atoms with E-state index in [1.807, 2.05) is 0 Å². The fraction of sp³-hybridized carbons (Fsp3) is 0. The zero-order valence-electron chi connectivity index (χ0n) is 9.93. The van der Waals surface area contributed by atoms with Gasteiger partial charge < -0.3 is 9.27 Å². The fourth-order valence-electron chi connectivity index (χ4n) is 1.85. The Morgan fingerprint density at radius 2 is 1.85 bits per heavy atom. The number of nitrogens with one attached hydrogen (secondary N) is 1. The van der Waals surface area contributed by atoms with Crippen LogP contribution in [-0.4, -0.2) is 14.0 Å². The van der Waals surface area contributed by atoms with Crippen molar-refractivity contribution in [3.8, 4) is 11.1 Å². The third-order valence-electron chi connectivity index (χ3n) is 2.57. The highest BCUT2D eigenvalue weighted by Gasteiger charge is 2.16. The van der Waals surface area contributed by atoms with E-state index >= 15 is 0 Å². The molecule has 1 unspecified atom stereocenters. The first-order valence-corrected chi connectivity index (χ1v) is 7.27. The van der Waals surface area contributed by atoms with Gasteiger partial charge in [-0.05, 0) is 29.3 Å². The molecule has 2 rings (SSSR count). The van der Waals surface area contributed by atoms with Crippen LogP contribution in [0, 0.1) is 0 Å². The summed E-state index contributed by atoms with van der Waals surface area (Å²) in [5.74, 6) is 0. The van der Waals surface area contributed by atoms with Crippen molar-refractivity contribution < 1.29 is 13.6 Å². The molecule has 1 atom stereocenters. The lowest BCUT2D eigenvalue weighted by Gasteiger charge is -2.16. The summed E-state index contributed by atoms with van der Waals surface area (Å²) < 4.78 is 24.0. The van der Waals surface area contributed by atoms with E-state index in [9.17, 15) is 13.6 Å². The monoisotopic (exact) mass is 328 g/mol. The van der Waals surface area contributed by atoms with Gasteiger partial charge in [-0.3, -0.25) is 9.00 Å². The average molecular weight is 329 g/mol. The Morgan fingerprint density at radius 1 is 1.20 bits per heavy atom. The van der Waals surface area contributed by atoms with Crippen molar-refractivity contribution in [2.24, 2.45) is 0 Å². The topological polar surface area (TPSA) is 69.2 Å². The van der Waals surface area contributed by atoms with Gasteiger partial charge in [0, 0.05) is 27.4 Å². The summed E-state index contributed by atoms with van der Waals surface area (Å²) in [4.78, 5) is 11.6. The summed E-state index contributed by atoms with van der Waals surface area (Å²) in [5, 5.41) is -0.507. The van der Waals surface area contributed by atoms with E-state index < -0.39 is 16.5 Å². The minimum Gasteiger partial charge on any atom is -0.755 e. The van der Waals surface area contributed by atoms with Crippen molar-refractivity contribution in [3.63, 3.8) is 0 Å². The van der Waals surface area contributed by atoms with E-state index in [4.69, 9.17) is 23.2 Å². The number of benzene rings is 2. The number of rotatable bonds is 4. The van der Waals surface area contributed by atoms with E-state index in [0.29, 0.717) is 11.1 Å². The predicted molar refractivity (Wildman–Crippen MR) is 79.6 cm³/mol. The summed E-state index contributed by atoms with van der Waals surface area (Å²) in [6.45, 7) is 0. The maximum Gasteiger partial charge on any atom is 0.253 e. The lowest BCUT2D eigenvalue weighted by molar-refractivity contribution is 0.108. The third-order valence-corrected chi connectivity index (χ3v) is 3.38. The SMILES string of the molecule is O=C(Cl)c1cc(Cl)cc(NS(=O)[O-])c1-c1ccccc1. The van der Waals surface area contributed by atoms with Gasteiger partial charge in [0.15, 0.2) is 0 Å². The van der Waals surface area contributed by atoms with Gasteiger partial charge in [-0.15, -0.1) is 0 Å². The Bertz CT molecular complexity index is 677. The second-order valence-electron chi connectivity index (χ2n) is 3.85. The van der Waals surface area contributed by atoms with E-state index in [2.05, 4.69) is 4.72 Å². The number of hydrogen-bond donors (Lipinski definition) is 1. The molecule has 0 radical (unpaired) electrons. The molecule has 0 aliphatic heterocycles. The summed E-state index contributed by atoms with van der Waals surface area (Å²) >= 11 is 8.90. The lowest BCUT2D eigenvalue weighted by Crippen LogP contribution is -2.06. The number of hydrogen-bond acceptors (Lipinski definition) is 3. The minimum absolute atomic E-state index is 0.137. The molecule has 0 spiro atoms. The first-order valence-electron chi connectivity index (χ1n) is 5.43. The van der Waals surface area contributed by atoms with Gasteiger partial charge in [0.2, 0.25) is 0 Å². The molecule has 0 fully saturated rings. The second kappa shape index (κ2) is 6.37. The highest BCUT2D eigenvalue weighted by Crippen LogP contribution is 2.35. The highest BCUT2D eigenvalue weighted by molar-refractivity contribution is 7.80. The summed E-state index contributed by atoms with van der Waals surface area (Å²) in [6.07, 6.45) is 0. The van der Waals surface area contributed by atoms with Gasteiger partial charge in [0.25, 0.3) is 5.24 Å². The van der Waals surface area contributed by atoms with Crippen LogP contribution in [-0.2, 0) is 11.3 Å². The minimum atomic E-state index is -2.54. The summed E-state index contributed by atoms with van der Waals surface area (Å²) in [6, 6.07) is 11.6. The number of carbonyl (C=O) groups is 1. The Kier molecular flexibility index (Phi) is 4.77. The Morgan fingerprint density at radius 3 is 2.40 bits per heavy atom. The van der Waals surface area contributed by atoms with Gasteiger partial charge in [-0.25, -0.2) is 0 Å². The molecule has 7 heteroatoms. The number of anilines is 1. The van der Waals surface area contributed by atoms with Crippen molar-refractivity contribution in [3.05, 3.63) is 53.1 Å². The van der Waals surface area contributed by atoms with Crippen LogP contribution in [0.1, 0.15) is 10.4 Å². The van der Waals surface area contributed by atoms with Crippen molar-refractivity contribution >= 4 is 45.4 Å². The Hall–Kier alpha value is -1.40. The van der Waals surface area contributed by atoms with Crippen LogP contribution < -0.4 is 4.72 Å². The first-order chi connectivity index (χ1) is 9.49. The van der Waals surface area contributed by atoms with E-state index in [1.165, 1.54) is 12.1 Å². The van der Waals surface area contributed by atoms with Gasteiger partial charge in [0.1, 0.15) is 0 Å². The largest absolute Gasteiger partial charge is 0.755 e. The molecule has 0 bridgehead atoms. The van der Waals surface area contributed by atoms with Crippen LogP contribution in [0.4, 0.5) is 5.69 Å². The van der Waals surface area contributed by atoms with Crippen molar-refractivity contribution in [2.75, 3.05) is 4.72 Å². The van der Waals surface area contributed by atoms with Crippen LogP contribution in [0.3, 0.4) is 0 Å². The molecule has 0 aliphatic rings. The van der Waals surface area contributed by atoms with Crippen molar-refractivity contribution in [1.82, 2.24) is 0 Å². The van der Waals surface area contributed by atoms with Gasteiger partial charge in [0.05, 0.1) is 5.69 Å². The normalized spacial score (nSPS) is 11.9. The zero-order chi connectivity index (χ0) is 14.7. The Labute approximate surface area is 128 Å². The second-order valence-corrected chi connectivity index (χ2v) is 5.31. The maximum absolute atomic E-state index is 11.6. The molecule has 20 heavy (non-hydrogen) atoms. The van der Waals surface area contributed by atoms with Gasteiger partial charge in [-0.2, -0.15) is 0 Å². The van der Waals surface area contributed by atoms with Crippen LogP contribution >= 0.6 is 23.2 Å². The average Bonchev–Trinajstić information content (AvgIpc) is 2.38. The molecule has 0 heterocycles. The molecule has 1 N–H and O–H groups in total. The van der Waals surface area contributed by atoms with Crippen LogP contribution in [0.5, 0.6) is 0 Å². The van der Waals surface area contributed by atoms with E-state index in [1.54, 1.807) is 30.3 Å². The smallest absolute Gasteiger partial charge is 0.253 e. The van der Waals surface area contributed by atoms with Crippen molar-refractivity contribution in [1.29, 1.82) is 0 Å². The van der Waals surface area contributed by atoms with E-state index in [0.717, 1.165) is 0 Å². The standard InChI is InChI=1S/C13H9Cl2NO3S/c14-9-6-10(13(15)17)12(8-4-2-1-3-5-8)11(7-9)16-20(18)19/h1-7,16H,(H,18,19)/p-1. The molecule has 0 saturated heterocycles. The van der Waals surface area contributed by atoms with Crippen LogP contribution in [0.25, 0.3) is 11.1 Å². The molecule has 4 nitrogen and oxygen atoms in total. The third kappa shape index (κ3) is 3.37. The Balaban J connectivity index is 2.73. The molecule has 0 saturated carbocycles. The van der Waals surface area contributed by atoms with Crippen molar-refractivity contribution in [2.45, 2.75) is 0 Å². The van der Waals surface area contributed by atoms with Crippen LogP contribution in [0.2, 0.25) is 5.02 Å². The molecule has 0 aromatic heterocycles. The van der Waals surface area contributed by atoms with Gasteiger partial charge >= 0.3 is 0 Å². The quantitative estimate of drug-likeness (QED) is 0.688. The number of carbonyl (C=O) groups excluding carboxylic acids is 1. The zero-order valence-corrected chi connectivity index (χ0v) is 12.3. The molecule has 104 valence electrons. The molecule has 2 aromatic carbocycles. The summed E-state index contributed by atoms with van der Waals surface area (Å²) in [5.41, 5.74) is 1.37. The predicted octanol–water partition coefficient (Wildman–Crippen LogP) is 3.59. The molecular formula is C13H8Cl2NO3S-. The van der Waals surface area contributed by atoms with E-state index in [-0.39, 0.29) is 16.3 Å². The maximum atomic E-state index is 11.6. The fourth-order valence-corrected chi connectivity index (χ4v) is 2.56. The number of halogens is 2. The highest BCUT2D eigenvalue weighted by atomic mass is 35.5. The molecule has 0 aliphatic carbocycles. The van der Waals surface area contributed by atoms with Gasteiger partial charge in [-0.1, -0.05) is 41.9 Å². The first kappa shape index (κ1) is 15.0. The lowest BCUT2D eigenvalue weighted by atomic mass is 9.98. The molecule has 2 aromatic rings. The summed E-state index contributed by atoms with van der Waals surface area (Å²) in [7, 11) is 0. The molecular weight excluding hydrogens is 321 g/mol. The molecule has 0 amide bonds.